The molecule has 0 aliphatic rings. The van der Waals surface area contributed by atoms with E-state index in [9.17, 15) is 9.59 Å². The molecule has 0 aliphatic heterocycles. The SMILES string of the molecule is CC(C)c1c(C(=O)Nc2ccc(C(=O)c3nccn3C)cc2)cnn1-c1cccc(Cl)c1. The van der Waals surface area contributed by atoms with Gasteiger partial charge in [-0.3, -0.25) is 9.59 Å². The van der Waals surface area contributed by atoms with Gasteiger partial charge >= 0.3 is 0 Å². The van der Waals surface area contributed by atoms with Gasteiger partial charge in [-0.1, -0.05) is 31.5 Å². The van der Waals surface area contributed by atoms with Crippen LogP contribution in [0.5, 0.6) is 0 Å². The smallest absolute Gasteiger partial charge is 0.259 e. The van der Waals surface area contributed by atoms with Crippen molar-refractivity contribution in [1.29, 1.82) is 0 Å². The maximum absolute atomic E-state index is 13.0. The maximum Gasteiger partial charge on any atom is 0.259 e. The Morgan fingerprint density at radius 1 is 1.09 bits per heavy atom. The second-order valence-electron chi connectivity index (χ2n) is 7.71. The van der Waals surface area contributed by atoms with Gasteiger partial charge in [-0.25, -0.2) is 9.67 Å². The lowest BCUT2D eigenvalue weighted by molar-refractivity contribution is 0.101. The van der Waals surface area contributed by atoms with Gasteiger partial charge < -0.3 is 9.88 Å². The number of rotatable bonds is 6. The van der Waals surface area contributed by atoms with Gasteiger partial charge in [0.1, 0.15) is 0 Å². The Hall–Kier alpha value is -3.71. The van der Waals surface area contributed by atoms with Crippen molar-refractivity contribution < 1.29 is 9.59 Å². The number of ketones is 1. The number of anilines is 1. The number of carbonyl (C=O) groups excluding carboxylic acids is 2. The largest absolute Gasteiger partial charge is 0.331 e. The predicted molar refractivity (Wildman–Crippen MR) is 124 cm³/mol. The van der Waals surface area contributed by atoms with Crippen LogP contribution in [0.4, 0.5) is 5.69 Å². The van der Waals surface area contributed by atoms with Gasteiger partial charge in [0.05, 0.1) is 23.1 Å². The zero-order valence-corrected chi connectivity index (χ0v) is 18.7. The van der Waals surface area contributed by atoms with Crippen LogP contribution in [0.3, 0.4) is 0 Å². The Morgan fingerprint density at radius 3 is 2.47 bits per heavy atom. The number of hydrogen-bond donors (Lipinski definition) is 1. The normalized spacial score (nSPS) is 11.0. The maximum atomic E-state index is 13.0. The van der Waals surface area contributed by atoms with Gasteiger partial charge in [-0.2, -0.15) is 5.10 Å². The lowest BCUT2D eigenvalue weighted by Gasteiger charge is -2.13. The van der Waals surface area contributed by atoms with E-state index in [2.05, 4.69) is 15.4 Å². The third-order valence-electron chi connectivity index (χ3n) is 5.08. The first-order valence-electron chi connectivity index (χ1n) is 10.1. The molecule has 1 N–H and O–H groups in total. The van der Waals surface area contributed by atoms with Gasteiger partial charge in [0.25, 0.3) is 5.91 Å². The lowest BCUT2D eigenvalue weighted by atomic mass is 10.0. The van der Waals surface area contributed by atoms with Crippen LogP contribution in [0.25, 0.3) is 5.69 Å². The number of aryl methyl sites for hydroxylation is 1. The molecule has 162 valence electrons. The van der Waals surface area contributed by atoms with E-state index in [1.54, 1.807) is 71.3 Å². The van der Waals surface area contributed by atoms with Gasteiger partial charge in [0.15, 0.2) is 5.82 Å². The number of carbonyl (C=O) groups is 2. The highest BCUT2D eigenvalue weighted by molar-refractivity contribution is 6.30. The van der Waals surface area contributed by atoms with E-state index in [0.29, 0.717) is 27.7 Å². The Morgan fingerprint density at radius 2 is 1.84 bits per heavy atom. The Balaban J connectivity index is 1.57. The number of halogens is 1. The van der Waals surface area contributed by atoms with Crippen molar-refractivity contribution in [3.05, 3.63) is 94.8 Å². The summed E-state index contributed by atoms with van der Waals surface area (Å²) in [6.07, 6.45) is 4.86. The van der Waals surface area contributed by atoms with Crippen molar-refractivity contribution in [3.8, 4) is 5.69 Å². The third kappa shape index (κ3) is 4.20. The molecule has 2 aromatic heterocycles. The van der Waals surface area contributed by atoms with Crippen molar-refractivity contribution in [2.75, 3.05) is 5.32 Å². The molecule has 0 radical (unpaired) electrons. The number of nitrogens with one attached hydrogen (secondary N) is 1. The molecule has 2 aromatic carbocycles. The van der Waals surface area contributed by atoms with E-state index in [4.69, 9.17) is 11.6 Å². The standard InChI is InChI=1S/C24H22ClN5O2/c1-15(2)21-20(14-27-30(21)19-6-4-5-17(25)13-19)24(32)28-18-9-7-16(8-10-18)22(31)23-26-11-12-29(23)3/h4-15H,1-3H3,(H,28,32). The average molecular weight is 448 g/mol. The molecule has 0 spiro atoms. The van der Waals surface area contributed by atoms with Crippen LogP contribution in [0.2, 0.25) is 5.02 Å². The summed E-state index contributed by atoms with van der Waals surface area (Å²) in [5, 5.41) is 7.92. The molecule has 4 rings (SSSR count). The number of hydrogen-bond acceptors (Lipinski definition) is 4. The molecule has 0 fully saturated rings. The fraction of sp³-hybridized carbons (Fsp3) is 0.167. The van der Waals surface area contributed by atoms with Crippen molar-refractivity contribution in [3.63, 3.8) is 0 Å². The van der Waals surface area contributed by atoms with E-state index in [0.717, 1.165) is 11.4 Å². The minimum atomic E-state index is -0.273. The van der Waals surface area contributed by atoms with Crippen LogP contribution in [0, 0.1) is 0 Å². The number of amides is 1. The van der Waals surface area contributed by atoms with Gasteiger partial charge in [-0.15, -0.1) is 0 Å². The van der Waals surface area contributed by atoms with E-state index in [1.807, 2.05) is 26.0 Å². The predicted octanol–water partition coefficient (Wildman–Crippen LogP) is 4.87. The van der Waals surface area contributed by atoms with Gasteiger partial charge in [-0.05, 0) is 48.4 Å². The Bertz CT molecular complexity index is 1290. The molecule has 7 nitrogen and oxygen atoms in total. The molecule has 0 saturated heterocycles. The molecule has 8 heteroatoms. The minimum Gasteiger partial charge on any atom is -0.331 e. The van der Waals surface area contributed by atoms with E-state index >= 15 is 0 Å². The molecule has 32 heavy (non-hydrogen) atoms. The molecule has 2 heterocycles. The number of benzene rings is 2. The van der Waals surface area contributed by atoms with Crippen molar-refractivity contribution in [2.45, 2.75) is 19.8 Å². The molecule has 0 atom stereocenters. The summed E-state index contributed by atoms with van der Waals surface area (Å²) in [5.41, 5.74) is 3.13. The lowest BCUT2D eigenvalue weighted by Crippen LogP contribution is -2.15. The van der Waals surface area contributed by atoms with Crippen molar-refractivity contribution in [2.24, 2.45) is 7.05 Å². The summed E-state index contributed by atoms with van der Waals surface area (Å²) in [4.78, 5) is 29.7. The number of aromatic nitrogens is 4. The van der Waals surface area contributed by atoms with Crippen LogP contribution in [-0.4, -0.2) is 31.0 Å². The fourth-order valence-corrected chi connectivity index (χ4v) is 3.70. The summed E-state index contributed by atoms with van der Waals surface area (Å²) in [5.74, 6) is -0.0442. The van der Waals surface area contributed by atoms with Gasteiger partial charge in [0.2, 0.25) is 5.78 Å². The quantitative estimate of drug-likeness (QED) is 0.428. The highest BCUT2D eigenvalue weighted by atomic mass is 35.5. The first-order valence-corrected chi connectivity index (χ1v) is 10.5. The second kappa shape index (κ2) is 8.80. The van der Waals surface area contributed by atoms with Crippen LogP contribution in [0.15, 0.2) is 67.1 Å². The van der Waals surface area contributed by atoms with Crippen LogP contribution in [-0.2, 0) is 7.05 Å². The molecule has 4 aromatic rings. The number of nitrogens with zero attached hydrogens (tertiary/aromatic N) is 4. The molecule has 0 aliphatic carbocycles. The monoisotopic (exact) mass is 447 g/mol. The second-order valence-corrected chi connectivity index (χ2v) is 8.15. The van der Waals surface area contributed by atoms with Crippen LogP contribution < -0.4 is 5.32 Å². The highest BCUT2D eigenvalue weighted by Gasteiger charge is 2.21. The zero-order valence-electron chi connectivity index (χ0n) is 17.9. The average Bonchev–Trinajstić information content (AvgIpc) is 3.40. The summed E-state index contributed by atoms with van der Waals surface area (Å²) >= 11 is 6.13. The van der Waals surface area contributed by atoms with Gasteiger partial charge in [0, 0.05) is 35.7 Å². The third-order valence-corrected chi connectivity index (χ3v) is 5.32. The highest BCUT2D eigenvalue weighted by Crippen LogP contribution is 2.25. The molecule has 1 amide bonds. The molecule has 0 unspecified atom stereocenters. The van der Waals surface area contributed by atoms with E-state index in [1.165, 1.54) is 0 Å². The first kappa shape index (κ1) is 21.5. The Labute approximate surface area is 190 Å². The minimum absolute atomic E-state index is 0.0509. The molecular formula is C24H22ClN5O2. The summed E-state index contributed by atoms with van der Waals surface area (Å²) in [7, 11) is 1.77. The summed E-state index contributed by atoms with van der Waals surface area (Å²) < 4.78 is 3.41. The fourth-order valence-electron chi connectivity index (χ4n) is 3.52. The van der Waals surface area contributed by atoms with Crippen molar-refractivity contribution >= 4 is 29.0 Å². The van der Waals surface area contributed by atoms with Crippen molar-refractivity contribution in [1.82, 2.24) is 19.3 Å². The van der Waals surface area contributed by atoms with Crippen LogP contribution >= 0.6 is 11.6 Å². The van der Waals surface area contributed by atoms with E-state index in [-0.39, 0.29) is 17.6 Å². The summed E-state index contributed by atoms with van der Waals surface area (Å²) in [6.45, 7) is 4.01. The Kier molecular flexibility index (Phi) is 5.92. The molecule has 0 bridgehead atoms. The first-order chi connectivity index (χ1) is 15.3. The molecular weight excluding hydrogens is 426 g/mol. The topological polar surface area (TPSA) is 81.8 Å². The molecule has 0 saturated carbocycles. The van der Waals surface area contributed by atoms with E-state index < -0.39 is 0 Å². The van der Waals surface area contributed by atoms with Crippen LogP contribution in [0.1, 0.15) is 52.0 Å². The summed E-state index contributed by atoms with van der Waals surface area (Å²) in [6, 6.07) is 14.1. The zero-order chi connectivity index (χ0) is 22.8. The number of imidazole rings is 1.